The van der Waals surface area contributed by atoms with E-state index in [2.05, 4.69) is 15.5 Å². The summed E-state index contributed by atoms with van der Waals surface area (Å²) in [7, 11) is 1.87. The zero-order chi connectivity index (χ0) is 12.4. The van der Waals surface area contributed by atoms with Crippen molar-refractivity contribution in [2.45, 2.75) is 13.5 Å². The van der Waals surface area contributed by atoms with Gasteiger partial charge in [-0.3, -0.25) is 5.10 Å². The largest absolute Gasteiger partial charge is 0.314 e. The van der Waals surface area contributed by atoms with Crippen LogP contribution in [-0.4, -0.2) is 17.2 Å². The number of benzene rings is 1. The third-order valence-electron chi connectivity index (χ3n) is 2.66. The molecule has 90 valence electrons. The molecular weight excluding hydrogens is 241 g/mol. The van der Waals surface area contributed by atoms with Crippen LogP contribution in [0.15, 0.2) is 18.2 Å². The van der Waals surface area contributed by atoms with Crippen LogP contribution in [0.5, 0.6) is 0 Å². The van der Waals surface area contributed by atoms with Gasteiger partial charge in [-0.25, -0.2) is 4.39 Å². The van der Waals surface area contributed by atoms with Gasteiger partial charge in [0, 0.05) is 12.1 Å². The number of aromatic nitrogens is 2. The fraction of sp³-hybridized carbons (Fsp3) is 0.250. The average molecular weight is 254 g/mol. The highest BCUT2D eigenvalue weighted by Crippen LogP contribution is 2.26. The molecular formula is C12H13ClFN3. The molecule has 0 radical (unpaired) electrons. The molecule has 0 unspecified atom stereocenters. The predicted octanol–water partition coefficient (Wildman–Crippen LogP) is 2.90. The van der Waals surface area contributed by atoms with Gasteiger partial charge in [0.05, 0.1) is 16.4 Å². The first-order valence-electron chi connectivity index (χ1n) is 5.27. The zero-order valence-electron chi connectivity index (χ0n) is 9.64. The number of aromatic amines is 1. The Labute approximate surface area is 104 Å². The summed E-state index contributed by atoms with van der Waals surface area (Å²) in [6.45, 7) is 2.69. The Bertz CT molecular complexity index is 537. The highest BCUT2D eigenvalue weighted by atomic mass is 35.5. The van der Waals surface area contributed by atoms with E-state index in [4.69, 9.17) is 11.6 Å². The van der Waals surface area contributed by atoms with Crippen molar-refractivity contribution in [2.75, 3.05) is 7.05 Å². The Morgan fingerprint density at radius 2 is 2.24 bits per heavy atom. The van der Waals surface area contributed by atoms with E-state index in [9.17, 15) is 4.39 Å². The van der Waals surface area contributed by atoms with Gasteiger partial charge >= 0.3 is 0 Å². The highest BCUT2D eigenvalue weighted by Gasteiger charge is 2.11. The monoisotopic (exact) mass is 253 g/mol. The van der Waals surface area contributed by atoms with E-state index in [1.54, 1.807) is 12.1 Å². The molecule has 0 saturated heterocycles. The molecule has 2 rings (SSSR count). The van der Waals surface area contributed by atoms with Crippen LogP contribution in [0.4, 0.5) is 4.39 Å². The van der Waals surface area contributed by atoms with Crippen LogP contribution < -0.4 is 5.32 Å². The second kappa shape index (κ2) is 4.85. The Morgan fingerprint density at radius 1 is 1.47 bits per heavy atom. The smallest absolute Gasteiger partial charge is 0.141 e. The second-order valence-corrected chi connectivity index (χ2v) is 4.24. The Morgan fingerprint density at radius 3 is 2.88 bits per heavy atom. The van der Waals surface area contributed by atoms with E-state index in [1.165, 1.54) is 6.07 Å². The van der Waals surface area contributed by atoms with E-state index in [0.717, 1.165) is 22.5 Å². The van der Waals surface area contributed by atoms with Crippen LogP contribution in [0.3, 0.4) is 0 Å². The first-order chi connectivity index (χ1) is 8.13. The summed E-state index contributed by atoms with van der Waals surface area (Å²) in [6.07, 6.45) is 0. The summed E-state index contributed by atoms with van der Waals surface area (Å²) in [6, 6.07) is 4.61. The number of H-pyrrole nitrogens is 1. The maximum absolute atomic E-state index is 13.1. The van der Waals surface area contributed by atoms with E-state index in [0.29, 0.717) is 6.54 Å². The van der Waals surface area contributed by atoms with Crippen molar-refractivity contribution in [3.05, 3.63) is 40.3 Å². The number of hydrogen-bond acceptors (Lipinski definition) is 2. The third kappa shape index (κ3) is 2.33. The van der Waals surface area contributed by atoms with E-state index >= 15 is 0 Å². The molecule has 0 aliphatic carbocycles. The number of nitrogens with zero attached hydrogens (tertiary/aromatic N) is 1. The van der Waals surface area contributed by atoms with Crippen molar-refractivity contribution in [1.82, 2.24) is 15.5 Å². The molecule has 0 atom stereocenters. The summed E-state index contributed by atoms with van der Waals surface area (Å²) in [5.74, 6) is -0.418. The number of hydrogen-bond donors (Lipinski definition) is 2. The van der Waals surface area contributed by atoms with Gasteiger partial charge in [-0.05, 0) is 37.7 Å². The quantitative estimate of drug-likeness (QED) is 0.883. The molecule has 0 saturated carbocycles. The van der Waals surface area contributed by atoms with Crippen LogP contribution >= 0.6 is 11.6 Å². The summed E-state index contributed by atoms with van der Waals surface area (Å²) in [5, 5.41) is 10.4. The minimum absolute atomic E-state index is 0.111. The van der Waals surface area contributed by atoms with Crippen LogP contribution in [0.2, 0.25) is 5.02 Å². The van der Waals surface area contributed by atoms with Crippen LogP contribution in [0.25, 0.3) is 11.3 Å². The van der Waals surface area contributed by atoms with Crippen molar-refractivity contribution in [3.63, 3.8) is 0 Å². The van der Waals surface area contributed by atoms with E-state index < -0.39 is 5.82 Å². The van der Waals surface area contributed by atoms with Crippen LogP contribution in [0.1, 0.15) is 11.3 Å². The molecule has 0 amide bonds. The number of halogens is 2. The SMILES string of the molecule is CNCc1[nH]nc(-c2ccc(F)c(Cl)c2)c1C. The fourth-order valence-electron chi connectivity index (χ4n) is 1.71. The molecule has 0 aliphatic heterocycles. The lowest BCUT2D eigenvalue weighted by Crippen LogP contribution is -2.06. The van der Waals surface area contributed by atoms with Crippen LogP contribution in [0, 0.1) is 12.7 Å². The summed E-state index contributed by atoms with van der Waals surface area (Å²) >= 11 is 5.76. The van der Waals surface area contributed by atoms with Gasteiger partial charge in [0.25, 0.3) is 0 Å². The number of rotatable bonds is 3. The lowest BCUT2D eigenvalue weighted by atomic mass is 10.1. The summed E-state index contributed by atoms with van der Waals surface area (Å²) in [4.78, 5) is 0. The third-order valence-corrected chi connectivity index (χ3v) is 2.95. The first kappa shape index (κ1) is 12.1. The molecule has 17 heavy (non-hydrogen) atoms. The molecule has 0 aliphatic rings. The summed E-state index contributed by atoms with van der Waals surface area (Å²) < 4.78 is 13.1. The van der Waals surface area contributed by atoms with Gasteiger partial charge in [-0.2, -0.15) is 5.10 Å². The van der Waals surface area contributed by atoms with Crippen molar-refractivity contribution >= 4 is 11.6 Å². The first-order valence-corrected chi connectivity index (χ1v) is 5.65. The molecule has 2 N–H and O–H groups in total. The van der Waals surface area contributed by atoms with Gasteiger partial charge in [0.2, 0.25) is 0 Å². The van der Waals surface area contributed by atoms with Gasteiger partial charge < -0.3 is 5.32 Å². The topological polar surface area (TPSA) is 40.7 Å². The van der Waals surface area contributed by atoms with E-state index in [-0.39, 0.29) is 5.02 Å². The van der Waals surface area contributed by atoms with Crippen LogP contribution in [-0.2, 0) is 6.54 Å². The molecule has 1 aromatic heterocycles. The molecule has 3 nitrogen and oxygen atoms in total. The lowest BCUT2D eigenvalue weighted by Gasteiger charge is -2.01. The molecule has 1 heterocycles. The van der Waals surface area contributed by atoms with Crippen molar-refractivity contribution < 1.29 is 4.39 Å². The molecule has 0 fully saturated rings. The standard InChI is InChI=1S/C12H13ClFN3/c1-7-11(6-15-2)16-17-12(7)8-3-4-10(14)9(13)5-8/h3-5,15H,6H2,1-2H3,(H,16,17). The van der Waals surface area contributed by atoms with Crippen molar-refractivity contribution in [3.8, 4) is 11.3 Å². The molecule has 2 aromatic rings. The summed E-state index contributed by atoms with van der Waals surface area (Å²) in [5.41, 5.74) is 3.68. The Hall–Kier alpha value is -1.39. The van der Waals surface area contributed by atoms with Crippen molar-refractivity contribution in [2.24, 2.45) is 0 Å². The molecule has 0 spiro atoms. The lowest BCUT2D eigenvalue weighted by molar-refractivity contribution is 0.628. The predicted molar refractivity (Wildman–Crippen MR) is 66.5 cm³/mol. The minimum Gasteiger partial charge on any atom is -0.314 e. The number of nitrogens with one attached hydrogen (secondary N) is 2. The minimum atomic E-state index is -0.418. The molecule has 1 aromatic carbocycles. The normalized spacial score (nSPS) is 10.8. The van der Waals surface area contributed by atoms with Crippen molar-refractivity contribution in [1.29, 1.82) is 0 Å². The Balaban J connectivity index is 2.42. The average Bonchev–Trinajstić information content (AvgIpc) is 2.66. The molecule has 0 bridgehead atoms. The van der Waals surface area contributed by atoms with Gasteiger partial charge in [-0.15, -0.1) is 0 Å². The van der Waals surface area contributed by atoms with Gasteiger partial charge in [0.15, 0.2) is 0 Å². The van der Waals surface area contributed by atoms with Gasteiger partial charge in [-0.1, -0.05) is 11.6 Å². The second-order valence-electron chi connectivity index (χ2n) is 3.83. The van der Waals surface area contributed by atoms with E-state index in [1.807, 2.05) is 14.0 Å². The maximum Gasteiger partial charge on any atom is 0.141 e. The van der Waals surface area contributed by atoms with Gasteiger partial charge in [0.1, 0.15) is 5.82 Å². The zero-order valence-corrected chi connectivity index (χ0v) is 10.4. The molecule has 5 heteroatoms. The highest BCUT2D eigenvalue weighted by molar-refractivity contribution is 6.31. The Kier molecular flexibility index (Phi) is 3.45. The fourth-order valence-corrected chi connectivity index (χ4v) is 1.89. The maximum atomic E-state index is 13.1.